The van der Waals surface area contributed by atoms with E-state index in [1.54, 1.807) is 5.57 Å². The van der Waals surface area contributed by atoms with Gasteiger partial charge in [-0.15, -0.1) is 5.16 Å². The largest absolute Gasteiger partial charge is 0.396 e. The molecule has 0 bridgehead atoms. The van der Waals surface area contributed by atoms with Gasteiger partial charge in [-0.2, -0.15) is 0 Å². The molecule has 0 spiro atoms. The second-order valence-corrected chi connectivity index (χ2v) is 4.67. The standard InChI is InChI=1S/C15H29NO/c1-4-5-6-9-12-15(2)13-10-7-8-11-14-17-16-3/h13H,3-12,14H2,1-2H3/b15-13+. The molecule has 0 saturated carbocycles. The molecule has 2 nitrogen and oxygen atoms in total. The lowest BCUT2D eigenvalue weighted by molar-refractivity contribution is 0.142. The zero-order valence-corrected chi connectivity index (χ0v) is 11.7. The Kier molecular flexibility index (Phi) is 12.7. The van der Waals surface area contributed by atoms with Crippen LogP contribution in [0.3, 0.4) is 0 Å². The minimum atomic E-state index is 0.712. The second kappa shape index (κ2) is 13.3. The van der Waals surface area contributed by atoms with Gasteiger partial charge in [-0.05, 0) is 45.4 Å². The van der Waals surface area contributed by atoms with Crippen LogP contribution in [0.2, 0.25) is 0 Å². The lowest BCUT2D eigenvalue weighted by Gasteiger charge is -2.02. The van der Waals surface area contributed by atoms with E-state index in [1.807, 2.05) is 0 Å². The first-order chi connectivity index (χ1) is 8.31. The average Bonchev–Trinajstić information content (AvgIpc) is 2.33. The van der Waals surface area contributed by atoms with Crippen molar-refractivity contribution in [3.63, 3.8) is 0 Å². The van der Waals surface area contributed by atoms with E-state index in [-0.39, 0.29) is 0 Å². The Bertz CT molecular complexity index is 199. The van der Waals surface area contributed by atoms with Crippen LogP contribution in [-0.2, 0) is 4.84 Å². The molecule has 0 amide bonds. The average molecular weight is 239 g/mol. The van der Waals surface area contributed by atoms with Gasteiger partial charge in [0.05, 0.1) is 0 Å². The van der Waals surface area contributed by atoms with E-state index in [0.29, 0.717) is 6.61 Å². The van der Waals surface area contributed by atoms with Crippen LogP contribution in [0.15, 0.2) is 16.8 Å². The normalized spacial score (nSPS) is 11.5. The SMILES string of the molecule is C=NOCCCCC/C=C(\C)CCCCCC. The maximum atomic E-state index is 4.84. The van der Waals surface area contributed by atoms with Crippen LogP contribution >= 0.6 is 0 Å². The van der Waals surface area contributed by atoms with Crippen molar-refractivity contribution in [3.05, 3.63) is 11.6 Å². The molecule has 0 aromatic rings. The Hall–Kier alpha value is -0.790. The Morgan fingerprint density at radius 2 is 1.88 bits per heavy atom. The molecule has 0 saturated heterocycles. The summed E-state index contributed by atoms with van der Waals surface area (Å²) >= 11 is 0. The maximum absolute atomic E-state index is 4.84. The minimum Gasteiger partial charge on any atom is -0.396 e. The molecular formula is C15H29NO. The van der Waals surface area contributed by atoms with Gasteiger partial charge in [0.15, 0.2) is 0 Å². The summed E-state index contributed by atoms with van der Waals surface area (Å²) in [5, 5.41) is 3.37. The van der Waals surface area contributed by atoms with Crippen molar-refractivity contribution in [1.82, 2.24) is 0 Å². The quantitative estimate of drug-likeness (QED) is 0.201. The number of allylic oxidation sites excluding steroid dienone is 2. The van der Waals surface area contributed by atoms with Crippen LogP contribution in [0.5, 0.6) is 0 Å². The van der Waals surface area contributed by atoms with Crippen LogP contribution in [0.1, 0.15) is 71.6 Å². The van der Waals surface area contributed by atoms with Crippen molar-refractivity contribution in [2.24, 2.45) is 5.16 Å². The van der Waals surface area contributed by atoms with E-state index in [4.69, 9.17) is 4.84 Å². The van der Waals surface area contributed by atoms with Gasteiger partial charge in [-0.1, -0.05) is 37.8 Å². The second-order valence-electron chi connectivity index (χ2n) is 4.67. The molecule has 100 valence electrons. The zero-order chi connectivity index (χ0) is 12.8. The fraction of sp³-hybridized carbons (Fsp3) is 0.800. The summed E-state index contributed by atoms with van der Waals surface area (Å²) in [5.41, 5.74) is 1.56. The van der Waals surface area contributed by atoms with E-state index in [2.05, 4.69) is 31.8 Å². The van der Waals surface area contributed by atoms with Gasteiger partial charge in [0, 0.05) is 6.72 Å². The molecule has 0 fully saturated rings. The fourth-order valence-electron chi connectivity index (χ4n) is 1.83. The summed E-state index contributed by atoms with van der Waals surface area (Å²) in [7, 11) is 0. The first-order valence-electron chi connectivity index (χ1n) is 7.05. The van der Waals surface area contributed by atoms with Crippen molar-refractivity contribution in [1.29, 1.82) is 0 Å². The lowest BCUT2D eigenvalue weighted by atomic mass is 10.1. The highest BCUT2D eigenvalue weighted by molar-refractivity contribution is 5.21. The number of oxime groups is 1. The third kappa shape index (κ3) is 13.1. The fourth-order valence-corrected chi connectivity index (χ4v) is 1.83. The molecule has 0 aliphatic carbocycles. The Morgan fingerprint density at radius 1 is 1.12 bits per heavy atom. The van der Waals surface area contributed by atoms with Crippen LogP contribution in [0.4, 0.5) is 0 Å². The third-order valence-electron chi connectivity index (χ3n) is 2.95. The first-order valence-corrected chi connectivity index (χ1v) is 7.05. The van der Waals surface area contributed by atoms with Crippen molar-refractivity contribution < 1.29 is 4.84 Å². The summed E-state index contributed by atoms with van der Waals surface area (Å²) in [5.74, 6) is 0. The van der Waals surface area contributed by atoms with Crippen LogP contribution in [-0.4, -0.2) is 13.3 Å². The summed E-state index contributed by atoms with van der Waals surface area (Å²) in [6.45, 7) is 8.51. The molecule has 2 heteroatoms. The number of rotatable bonds is 12. The Labute approximate surface area is 107 Å². The minimum absolute atomic E-state index is 0.712. The Balaban J connectivity index is 3.27. The smallest absolute Gasteiger partial charge is 0.117 e. The first kappa shape index (κ1) is 16.2. The third-order valence-corrected chi connectivity index (χ3v) is 2.95. The van der Waals surface area contributed by atoms with Gasteiger partial charge >= 0.3 is 0 Å². The van der Waals surface area contributed by atoms with Crippen LogP contribution in [0, 0.1) is 0 Å². The van der Waals surface area contributed by atoms with Crippen LogP contribution in [0.25, 0.3) is 0 Å². The van der Waals surface area contributed by atoms with Gasteiger partial charge in [-0.3, -0.25) is 0 Å². The van der Waals surface area contributed by atoms with Gasteiger partial charge in [0.1, 0.15) is 6.61 Å². The van der Waals surface area contributed by atoms with E-state index in [0.717, 1.165) is 6.42 Å². The molecule has 0 aromatic carbocycles. The Morgan fingerprint density at radius 3 is 2.59 bits per heavy atom. The predicted molar refractivity (Wildman–Crippen MR) is 76.5 cm³/mol. The molecule has 0 unspecified atom stereocenters. The summed E-state index contributed by atoms with van der Waals surface area (Å²) in [6.07, 6.45) is 13.9. The number of unbranched alkanes of at least 4 members (excludes halogenated alkanes) is 6. The van der Waals surface area contributed by atoms with E-state index >= 15 is 0 Å². The predicted octanol–water partition coefficient (Wildman–Crippen LogP) is 5.10. The summed E-state index contributed by atoms with van der Waals surface area (Å²) < 4.78 is 0. The van der Waals surface area contributed by atoms with Crippen molar-refractivity contribution in [3.8, 4) is 0 Å². The summed E-state index contributed by atoms with van der Waals surface area (Å²) in [6, 6.07) is 0. The van der Waals surface area contributed by atoms with Gasteiger partial charge in [-0.25, -0.2) is 0 Å². The molecule has 0 aromatic heterocycles. The highest BCUT2D eigenvalue weighted by atomic mass is 16.6. The summed E-state index contributed by atoms with van der Waals surface area (Å²) in [4.78, 5) is 4.84. The number of nitrogens with zero attached hydrogens (tertiary/aromatic N) is 1. The molecule has 0 aliphatic rings. The zero-order valence-electron chi connectivity index (χ0n) is 11.7. The van der Waals surface area contributed by atoms with Gasteiger partial charge in [0.25, 0.3) is 0 Å². The highest BCUT2D eigenvalue weighted by Gasteiger charge is 1.92. The molecular weight excluding hydrogens is 210 g/mol. The molecule has 0 radical (unpaired) electrons. The lowest BCUT2D eigenvalue weighted by Crippen LogP contribution is -1.87. The van der Waals surface area contributed by atoms with Crippen LogP contribution < -0.4 is 0 Å². The van der Waals surface area contributed by atoms with Gasteiger partial charge < -0.3 is 4.84 Å². The number of hydrogen-bond acceptors (Lipinski definition) is 2. The molecule has 17 heavy (non-hydrogen) atoms. The van der Waals surface area contributed by atoms with Gasteiger partial charge in [0.2, 0.25) is 0 Å². The molecule has 0 rings (SSSR count). The molecule has 0 atom stereocenters. The van der Waals surface area contributed by atoms with Crippen molar-refractivity contribution in [2.45, 2.75) is 71.6 Å². The molecule has 0 heterocycles. The maximum Gasteiger partial charge on any atom is 0.117 e. The van der Waals surface area contributed by atoms with Crippen molar-refractivity contribution >= 4 is 6.72 Å². The van der Waals surface area contributed by atoms with Crippen molar-refractivity contribution in [2.75, 3.05) is 6.61 Å². The monoisotopic (exact) mass is 239 g/mol. The molecule has 0 aliphatic heterocycles. The van der Waals surface area contributed by atoms with E-state index in [1.165, 1.54) is 51.4 Å². The number of hydrogen-bond donors (Lipinski definition) is 0. The van der Waals surface area contributed by atoms with E-state index in [9.17, 15) is 0 Å². The molecule has 0 N–H and O–H groups in total. The topological polar surface area (TPSA) is 21.6 Å². The highest BCUT2D eigenvalue weighted by Crippen LogP contribution is 2.11. The van der Waals surface area contributed by atoms with E-state index < -0.39 is 0 Å².